The van der Waals surface area contributed by atoms with Crippen molar-refractivity contribution in [3.8, 4) is 11.3 Å². The Kier molecular flexibility index (Phi) is 4.89. The SMILES string of the molecule is CCc1ccc(-c2ccc(C(=O)NC(C)(CC)C(=O)O)o2)cc1. The molecule has 1 amide bonds. The number of aryl methyl sites for hydroxylation is 1. The van der Waals surface area contributed by atoms with Gasteiger partial charge in [0, 0.05) is 5.56 Å². The van der Waals surface area contributed by atoms with Crippen LogP contribution in [0.5, 0.6) is 0 Å². The molecule has 0 aliphatic carbocycles. The Balaban J connectivity index is 2.17. The van der Waals surface area contributed by atoms with E-state index in [9.17, 15) is 14.7 Å². The molecule has 1 heterocycles. The zero-order valence-corrected chi connectivity index (χ0v) is 13.6. The molecular weight excluding hydrogens is 294 g/mol. The van der Waals surface area contributed by atoms with Crippen LogP contribution in [0.2, 0.25) is 0 Å². The van der Waals surface area contributed by atoms with Crippen LogP contribution in [-0.2, 0) is 11.2 Å². The summed E-state index contributed by atoms with van der Waals surface area (Å²) in [6, 6.07) is 11.2. The number of hydrogen-bond acceptors (Lipinski definition) is 3. The lowest BCUT2D eigenvalue weighted by atomic mass is 9.99. The summed E-state index contributed by atoms with van der Waals surface area (Å²) >= 11 is 0. The van der Waals surface area contributed by atoms with Crippen LogP contribution in [0, 0.1) is 0 Å². The molecule has 0 spiro atoms. The first-order chi connectivity index (χ1) is 10.9. The van der Waals surface area contributed by atoms with E-state index < -0.39 is 17.4 Å². The predicted octanol–water partition coefficient (Wildman–Crippen LogP) is 3.49. The van der Waals surface area contributed by atoms with E-state index in [0.717, 1.165) is 12.0 Å². The molecule has 2 N–H and O–H groups in total. The van der Waals surface area contributed by atoms with Gasteiger partial charge < -0.3 is 14.8 Å². The highest BCUT2D eigenvalue weighted by Crippen LogP contribution is 2.23. The molecular formula is C18H21NO4. The van der Waals surface area contributed by atoms with Gasteiger partial charge >= 0.3 is 5.97 Å². The largest absolute Gasteiger partial charge is 0.480 e. The quantitative estimate of drug-likeness (QED) is 0.855. The number of carbonyl (C=O) groups is 2. The van der Waals surface area contributed by atoms with Gasteiger partial charge in [-0.15, -0.1) is 0 Å². The fourth-order valence-corrected chi connectivity index (χ4v) is 2.13. The van der Waals surface area contributed by atoms with E-state index in [1.807, 2.05) is 24.3 Å². The van der Waals surface area contributed by atoms with E-state index in [1.165, 1.54) is 12.5 Å². The highest BCUT2D eigenvalue weighted by atomic mass is 16.4. The molecule has 0 saturated heterocycles. The van der Waals surface area contributed by atoms with Crippen LogP contribution in [0.15, 0.2) is 40.8 Å². The summed E-state index contributed by atoms with van der Waals surface area (Å²) in [7, 11) is 0. The standard InChI is InChI=1S/C18H21NO4/c1-4-12-6-8-13(9-7-12)14-10-11-15(23-14)16(20)19-18(3,5-2)17(21)22/h6-11H,4-5H2,1-3H3,(H,19,20)(H,21,22). The van der Waals surface area contributed by atoms with Gasteiger partial charge in [-0.3, -0.25) is 4.79 Å². The first-order valence-electron chi connectivity index (χ1n) is 7.64. The van der Waals surface area contributed by atoms with Gasteiger partial charge in [-0.25, -0.2) is 4.79 Å². The number of carbonyl (C=O) groups excluding carboxylic acids is 1. The highest BCUT2D eigenvalue weighted by molar-refractivity contribution is 5.96. The molecule has 2 aromatic rings. The van der Waals surface area contributed by atoms with Crippen LogP contribution < -0.4 is 5.32 Å². The fraction of sp³-hybridized carbons (Fsp3) is 0.333. The van der Waals surface area contributed by atoms with Crippen molar-refractivity contribution in [2.24, 2.45) is 0 Å². The fourth-order valence-electron chi connectivity index (χ4n) is 2.13. The van der Waals surface area contributed by atoms with Crippen LogP contribution >= 0.6 is 0 Å². The van der Waals surface area contributed by atoms with E-state index in [1.54, 1.807) is 19.1 Å². The normalized spacial score (nSPS) is 13.3. The first-order valence-corrected chi connectivity index (χ1v) is 7.64. The van der Waals surface area contributed by atoms with Crippen molar-refractivity contribution in [3.63, 3.8) is 0 Å². The van der Waals surface area contributed by atoms with E-state index >= 15 is 0 Å². The van der Waals surface area contributed by atoms with Gasteiger partial charge in [-0.2, -0.15) is 0 Å². The average Bonchev–Trinajstić information content (AvgIpc) is 3.04. The summed E-state index contributed by atoms with van der Waals surface area (Å²) in [5.41, 5.74) is 0.781. The van der Waals surface area contributed by atoms with Crippen LogP contribution in [0.4, 0.5) is 0 Å². The zero-order chi connectivity index (χ0) is 17.0. The summed E-state index contributed by atoms with van der Waals surface area (Å²) in [6.45, 7) is 5.26. The van der Waals surface area contributed by atoms with Crippen molar-refractivity contribution in [1.82, 2.24) is 5.32 Å². The molecule has 0 saturated carbocycles. The number of amides is 1. The maximum absolute atomic E-state index is 12.2. The second-order valence-corrected chi connectivity index (χ2v) is 5.66. The second kappa shape index (κ2) is 6.69. The third-order valence-corrected chi connectivity index (χ3v) is 4.05. The molecule has 0 bridgehead atoms. The molecule has 122 valence electrons. The number of benzene rings is 1. The minimum Gasteiger partial charge on any atom is -0.480 e. The maximum Gasteiger partial charge on any atom is 0.329 e. The Morgan fingerprint density at radius 2 is 1.78 bits per heavy atom. The lowest BCUT2D eigenvalue weighted by Gasteiger charge is -2.23. The lowest BCUT2D eigenvalue weighted by molar-refractivity contribution is -0.143. The molecule has 0 aliphatic heterocycles. The van der Waals surface area contributed by atoms with Crippen LogP contribution in [-0.4, -0.2) is 22.5 Å². The Bertz CT molecular complexity index is 702. The topological polar surface area (TPSA) is 79.5 Å². The number of rotatable bonds is 6. The molecule has 1 unspecified atom stereocenters. The maximum atomic E-state index is 12.2. The van der Waals surface area contributed by atoms with Crippen molar-refractivity contribution in [1.29, 1.82) is 0 Å². The monoisotopic (exact) mass is 315 g/mol. The molecule has 0 radical (unpaired) electrons. The summed E-state index contributed by atoms with van der Waals surface area (Å²) < 4.78 is 5.57. The molecule has 2 rings (SSSR count). The number of hydrogen-bond donors (Lipinski definition) is 2. The van der Waals surface area contributed by atoms with E-state index in [2.05, 4.69) is 12.2 Å². The molecule has 0 fully saturated rings. The number of furan rings is 1. The van der Waals surface area contributed by atoms with Gasteiger partial charge in [0.2, 0.25) is 0 Å². The lowest BCUT2D eigenvalue weighted by Crippen LogP contribution is -2.51. The smallest absolute Gasteiger partial charge is 0.329 e. The average molecular weight is 315 g/mol. The van der Waals surface area contributed by atoms with E-state index in [-0.39, 0.29) is 12.2 Å². The first kappa shape index (κ1) is 16.8. The predicted molar refractivity (Wildman–Crippen MR) is 87.3 cm³/mol. The van der Waals surface area contributed by atoms with Gasteiger partial charge in [0.25, 0.3) is 5.91 Å². The zero-order valence-electron chi connectivity index (χ0n) is 13.6. The van der Waals surface area contributed by atoms with Gasteiger partial charge in [0.1, 0.15) is 11.3 Å². The molecule has 5 nitrogen and oxygen atoms in total. The molecule has 1 aromatic heterocycles. The molecule has 0 aliphatic rings. The Morgan fingerprint density at radius 3 is 2.30 bits per heavy atom. The second-order valence-electron chi connectivity index (χ2n) is 5.66. The summed E-state index contributed by atoms with van der Waals surface area (Å²) in [4.78, 5) is 23.5. The molecule has 23 heavy (non-hydrogen) atoms. The Hall–Kier alpha value is -2.56. The molecule has 1 atom stereocenters. The van der Waals surface area contributed by atoms with Crippen LogP contribution in [0.25, 0.3) is 11.3 Å². The third-order valence-electron chi connectivity index (χ3n) is 4.05. The Morgan fingerprint density at radius 1 is 1.13 bits per heavy atom. The minimum atomic E-state index is -1.31. The number of carboxylic acid groups (broad SMARTS) is 1. The van der Waals surface area contributed by atoms with Gasteiger partial charge in [0.15, 0.2) is 5.76 Å². The van der Waals surface area contributed by atoms with Crippen molar-refractivity contribution in [3.05, 3.63) is 47.7 Å². The molecule has 5 heteroatoms. The number of carboxylic acids is 1. The van der Waals surface area contributed by atoms with Gasteiger partial charge in [-0.1, -0.05) is 38.1 Å². The molecule has 1 aromatic carbocycles. The summed E-state index contributed by atoms with van der Waals surface area (Å²) in [5.74, 6) is -0.935. The number of nitrogens with one attached hydrogen (secondary N) is 1. The van der Waals surface area contributed by atoms with Gasteiger partial charge in [0.05, 0.1) is 0 Å². The van der Waals surface area contributed by atoms with E-state index in [0.29, 0.717) is 5.76 Å². The van der Waals surface area contributed by atoms with Crippen molar-refractivity contribution >= 4 is 11.9 Å². The van der Waals surface area contributed by atoms with Crippen LogP contribution in [0.1, 0.15) is 43.3 Å². The summed E-state index contributed by atoms with van der Waals surface area (Å²) in [6.07, 6.45) is 1.23. The van der Waals surface area contributed by atoms with Gasteiger partial charge in [-0.05, 0) is 37.5 Å². The minimum absolute atomic E-state index is 0.0977. The third kappa shape index (κ3) is 3.62. The van der Waals surface area contributed by atoms with Crippen molar-refractivity contribution in [2.45, 2.75) is 39.2 Å². The van der Waals surface area contributed by atoms with Crippen molar-refractivity contribution in [2.75, 3.05) is 0 Å². The summed E-state index contributed by atoms with van der Waals surface area (Å²) in [5, 5.41) is 11.7. The highest BCUT2D eigenvalue weighted by Gasteiger charge is 2.33. The van der Waals surface area contributed by atoms with Crippen LogP contribution in [0.3, 0.4) is 0 Å². The Labute approximate surface area is 135 Å². The number of aliphatic carboxylic acids is 1. The van der Waals surface area contributed by atoms with Crippen molar-refractivity contribution < 1.29 is 19.1 Å². The van der Waals surface area contributed by atoms with E-state index in [4.69, 9.17) is 4.42 Å².